The zero-order chi connectivity index (χ0) is 24.8. The molecule has 3 aromatic rings. The molecule has 0 atom stereocenters. The lowest BCUT2D eigenvalue weighted by atomic mass is 10.3. The molecule has 0 radical (unpaired) electrons. The van der Waals surface area contributed by atoms with E-state index in [4.69, 9.17) is 0 Å². The molecular formula is C25H28FN5O3S. The van der Waals surface area contributed by atoms with Crippen LogP contribution in [0.15, 0.2) is 77.8 Å². The number of nitrogens with zero attached hydrogens (tertiary/aromatic N) is 4. The van der Waals surface area contributed by atoms with E-state index in [-0.39, 0.29) is 17.3 Å². The molecule has 35 heavy (non-hydrogen) atoms. The highest BCUT2D eigenvalue weighted by Gasteiger charge is 2.25. The zero-order valence-corrected chi connectivity index (χ0v) is 20.3. The van der Waals surface area contributed by atoms with Gasteiger partial charge in [-0.1, -0.05) is 24.3 Å². The van der Waals surface area contributed by atoms with E-state index in [0.717, 1.165) is 0 Å². The number of amides is 1. The number of benzene rings is 2. The second-order valence-corrected chi connectivity index (χ2v) is 10.0. The van der Waals surface area contributed by atoms with E-state index in [1.165, 1.54) is 22.6 Å². The fraction of sp³-hybridized carbons (Fsp3) is 0.280. The molecule has 10 heteroatoms. The van der Waals surface area contributed by atoms with Gasteiger partial charge in [-0.3, -0.25) is 14.0 Å². The van der Waals surface area contributed by atoms with Crippen molar-refractivity contribution in [3.8, 4) is 0 Å². The van der Waals surface area contributed by atoms with Crippen LogP contribution in [0.1, 0.15) is 6.92 Å². The van der Waals surface area contributed by atoms with Gasteiger partial charge in [0.15, 0.2) is 0 Å². The Labute approximate surface area is 205 Å². The van der Waals surface area contributed by atoms with E-state index < -0.39 is 15.8 Å². The third-order valence-electron chi connectivity index (χ3n) is 5.81. The standard InChI is InChI=1S/C25H28FN5O3S/c1-2-31(22-9-4-3-5-10-22)35(33,34)23-11-12-24(27-18-23)30-15-13-29(14-16-30)19-25(32)28-21-8-6-7-20(26)17-21/h3-12,17-18H,2,13-16,19H2,1H3,(H,28,32). The molecule has 1 aromatic heterocycles. The highest BCUT2D eigenvalue weighted by molar-refractivity contribution is 7.92. The van der Waals surface area contributed by atoms with Crippen molar-refractivity contribution in [2.24, 2.45) is 0 Å². The first-order valence-electron chi connectivity index (χ1n) is 11.4. The van der Waals surface area contributed by atoms with Gasteiger partial charge in [-0.2, -0.15) is 0 Å². The molecule has 4 rings (SSSR count). The number of anilines is 3. The lowest BCUT2D eigenvalue weighted by Gasteiger charge is -2.35. The smallest absolute Gasteiger partial charge is 0.265 e. The summed E-state index contributed by atoms with van der Waals surface area (Å²) >= 11 is 0. The Kier molecular flexibility index (Phi) is 7.62. The molecule has 1 saturated heterocycles. The van der Waals surface area contributed by atoms with Crippen LogP contribution < -0.4 is 14.5 Å². The van der Waals surface area contributed by atoms with Crippen LogP contribution >= 0.6 is 0 Å². The van der Waals surface area contributed by atoms with Crippen molar-refractivity contribution in [2.45, 2.75) is 11.8 Å². The Morgan fingerprint density at radius 3 is 2.40 bits per heavy atom. The average Bonchev–Trinajstić information content (AvgIpc) is 2.85. The SMILES string of the molecule is CCN(c1ccccc1)S(=O)(=O)c1ccc(N2CCN(CC(=O)Nc3cccc(F)c3)CC2)nc1. The van der Waals surface area contributed by atoms with Crippen molar-refractivity contribution in [3.05, 3.63) is 78.7 Å². The second-order valence-electron chi connectivity index (χ2n) is 8.18. The Bertz CT molecular complexity index is 1250. The van der Waals surface area contributed by atoms with Crippen LogP contribution in [0.4, 0.5) is 21.6 Å². The van der Waals surface area contributed by atoms with E-state index in [2.05, 4.69) is 15.2 Å². The van der Waals surface area contributed by atoms with E-state index in [1.54, 1.807) is 55.5 Å². The lowest BCUT2D eigenvalue weighted by molar-refractivity contribution is -0.117. The molecule has 1 aliphatic rings. The van der Waals surface area contributed by atoms with Crippen LogP contribution in [0.3, 0.4) is 0 Å². The van der Waals surface area contributed by atoms with Gasteiger partial charge in [0.25, 0.3) is 10.0 Å². The summed E-state index contributed by atoms with van der Waals surface area (Å²) in [5, 5.41) is 2.71. The summed E-state index contributed by atoms with van der Waals surface area (Å²) in [5.41, 5.74) is 1.04. The van der Waals surface area contributed by atoms with Crippen LogP contribution in [0.2, 0.25) is 0 Å². The first-order valence-corrected chi connectivity index (χ1v) is 12.9. The summed E-state index contributed by atoms with van der Waals surface area (Å²) in [5.74, 6) is 0.0939. The molecule has 1 N–H and O–H groups in total. The number of carbonyl (C=O) groups excluding carboxylic acids is 1. The topological polar surface area (TPSA) is 85.9 Å². The van der Waals surface area contributed by atoms with E-state index >= 15 is 0 Å². The third-order valence-corrected chi connectivity index (χ3v) is 7.70. The predicted molar refractivity (Wildman–Crippen MR) is 135 cm³/mol. The minimum atomic E-state index is -3.73. The summed E-state index contributed by atoms with van der Waals surface area (Å²) in [6.07, 6.45) is 1.40. The molecule has 0 saturated carbocycles. The number of halogens is 1. The minimum absolute atomic E-state index is 0.139. The van der Waals surface area contributed by atoms with E-state index in [0.29, 0.717) is 49.9 Å². The second kappa shape index (κ2) is 10.8. The summed E-state index contributed by atoms with van der Waals surface area (Å²) in [6, 6.07) is 18.1. The molecule has 0 aliphatic carbocycles. The molecule has 0 unspecified atom stereocenters. The van der Waals surface area contributed by atoms with Gasteiger partial charge in [0.1, 0.15) is 16.5 Å². The molecule has 184 valence electrons. The van der Waals surface area contributed by atoms with Gasteiger partial charge in [0, 0.05) is 44.6 Å². The quantitative estimate of drug-likeness (QED) is 0.515. The Balaban J connectivity index is 1.34. The number of carbonyl (C=O) groups is 1. The molecule has 0 bridgehead atoms. The molecular weight excluding hydrogens is 469 g/mol. The summed E-state index contributed by atoms with van der Waals surface area (Å²) in [6.45, 7) is 4.91. The van der Waals surface area contributed by atoms with Crippen molar-refractivity contribution in [1.82, 2.24) is 9.88 Å². The van der Waals surface area contributed by atoms with Crippen LogP contribution in [-0.2, 0) is 14.8 Å². The molecule has 1 amide bonds. The summed E-state index contributed by atoms with van der Waals surface area (Å²) < 4.78 is 41.0. The van der Waals surface area contributed by atoms with Gasteiger partial charge < -0.3 is 10.2 Å². The summed E-state index contributed by atoms with van der Waals surface area (Å²) in [4.78, 5) is 20.9. The Morgan fingerprint density at radius 2 is 1.77 bits per heavy atom. The fourth-order valence-electron chi connectivity index (χ4n) is 4.03. The van der Waals surface area contributed by atoms with Crippen molar-refractivity contribution in [3.63, 3.8) is 0 Å². The van der Waals surface area contributed by atoms with Crippen molar-refractivity contribution >= 4 is 33.1 Å². The Hall–Kier alpha value is -3.50. The van der Waals surface area contributed by atoms with Gasteiger partial charge in [-0.15, -0.1) is 0 Å². The van der Waals surface area contributed by atoms with Crippen molar-refractivity contribution in [2.75, 3.05) is 53.8 Å². The number of para-hydroxylation sites is 1. The van der Waals surface area contributed by atoms with E-state index in [1.807, 2.05) is 11.0 Å². The van der Waals surface area contributed by atoms with E-state index in [9.17, 15) is 17.6 Å². The van der Waals surface area contributed by atoms with Gasteiger partial charge >= 0.3 is 0 Å². The first-order chi connectivity index (χ1) is 16.9. The van der Waals surface area contributed by atoms with Crippen LogP contribution in [0.25, 0.3) is 0 Å². The van der Waals surface area contributed by atoms with Crippen molar-refractivity contribution in [1.29, 1.82) is 0 Å². The monoisotopic (exact) mass is 497 g/mol. The largest absolute Gasteiger partial charge is 0.354 e. The maximum absolute atomic E-state index is 13.3. The van der Waals surface area contributed by atoms with Crippen molar-refractivity contribution < 1.29 is 17.6 Å². The fourth-order valence-corrected chi connectivity index (χ4v) is 5.45. The van der Waals surface area contributed by atoms with Gasteiger partial charge in [0.05, 0.1) is 12.2 Å². The number of nitrogens with one attached hydrogen (secondary N) is 1. The maximum Gasteiger partial charge on any atom is 0.265 e. The maximum atomic E-state index is 13.3. The number of sulfonamides is 1. The number of hydrogen-bond donors (Lipinski definition) is 1. The first kappa shape index (κ1) is 24.6. The lowest BCUT2D eigenvalue weighted by Crippen LogP contribution is -2.49. The average molecular weight is 498 g/mol. The predicted octanol–water partition coefficient (Wildman–Crippen LogP) is 3.20. The van der Waals surface area contributed by atoms with Gasteiger partial charge in [-0.25, -0.2) is 17.8 Å². The van der Waals surface area contributed by atoms with Crippen LogP contribution in [0, 0.1) is 5.82 Å². The minimum Gasteiger partial charge on any atom is -0.354 e. The number of pyridine rings is 1. The highest BCUT2D eigenvalue weighted by atomic mass is 32.2. The third kappa shape index (κ3) is 5.95. The van der Waals surface area contributed by atoms with Crippen LogP contribution in [-0.4, -0.2) is 63.5 Å². The van der Waals surface area contributed by atoms with Gasteiger partial charge in [0.2, 0.25) is 5.91 Å². The van der Waals surface area contributed by atoms with Gasteiger partial charge in [-0.05, 0) is 49.4 Å². The number of hydrogen-bond acceptors (Lipinski definition) is 6. The number of piperazine rings is 1. The summed E-state index contributed by atoms with van der Waals surface area (Å²) in [7, 11) is -3.73. The molecule has 8 nitrogen and oxygen atoms in total. The molecule has 2 aromatic carbocycles. The van der Waals surface area contributed by atoms with Crippen LogP contribution in [0.5, 0.6) is 0 Å². The normalized spacial score (nSPS) is 14.5. The molecule has 0 spiro atoms. The number of rotatable bonds is 8. The highest BCUT2D eigenvalue weighted by Crippen LogP contribution is 2.24. The molecule has 2 heterocycles. The molecule has 1 aliphatic heterocycles. The molecule has 1 fully saturated rings. The Morgan fingerprint density at radius 1 is 1.03 bits per heavy atom. The zero-order valence-electron chi connectivity index (χ0n) is 19.5. The number of aromatic nitrogens is 1.